The molecule has 1 N–H and O–H groups in total. The number of methoxy groups -OCH3 is 3. The molecule has 6 aromatic rings. The molecule has 614 valence electrons. The lowest BCUT2D eigenvalue weighted by molar-refractivity contribution is -0.146. The van der Waals surface area contributed by atoms with Crippen LogP contribution < -0.4 is 24.6 Å². The molecule has 13 nitrogen and oxygen atoms in total. The second-order valence-corrected chi connectivity index (χ2v) is 33.1. The van der Waals surface area contributed by atoms with Gasteiger partial charge in [0.2, 0.25) is 0 Å². The number of Topliss-reactive ketones (excluding diaryl/α,β-unsaturated/α-hetero) is 4. The molecule has 0 bridgehead atoms. The van der Waals surface area contributed by atoms with E-state index in [9.17, 15) is 28.8 Å². The number of aldehydes is 1. The van der Waals surface area contributed by atoms with Crippen molar-refractivity contribution in [2.24, 2.45) is 29.6 Å². The molecule has 112 heavy (non-hydrogen) atoms. The van der Waals surface area contributed by atoms with Crippen molar-refractivity contribution in [1.29, 1.82) is 0 Å². The molecule has 14 heteroatoms. The maximum atomic E-state index is 13.8. The second-order valence-electron chi connectivity index (χ2n) is 33.1. The fourth-order valence-corrected chi connectivity index (χ4v) is 17.5. The number of nitrogens with one attached hydrogen (secondary N) is 1. The van der Waals surface area contributed by atoms with Crippen molar-refractivity contribution >= 4 is 59.2 Å². The summed E-state index contributed by atoms with van der Waals surface area (Å²) >= 11 is 0. The van der Waals surface area contributed by atoms with Crippen molar-refractivity contribution in [2.75, 3.05) is 90.0 Å². The van der Waals surface area contributed by atoms with Crippen molar-refractivity contribution < 1.29 is 43.0 Å². The van der Waals surface area contributed by atoms with E-state index in [0.29, 0.717) is 29.8 Å². The smallest absolute Gasteiger partial charge is 0.308 e. The molecule has 13 rings (SSSR count). The summed E-state index contributed by atoms with van der Waals surface area (Å²) < 4.78 is 15.5. The predicted molar refractivity (Wildman–Crippen MR) is 465 cm³/mol. The Morgan fingerprint density at radius 3 is 1.18 bits per heavy atom. The highest BCUT2D eigenvalue weighted by atomic mass is 35.5. The van der Waals surface area contributed by atoms with E-state index in [1.54, 1.807) is 21.1 Å². The fourth-order valence-electron chi connectivity index (χ4n) is 17.5. The van der Waals surface area contributed by atoms with Gasteiger partial charge in [-0.25, -0.2) is 0 Å². The molecule has 5 aliphatic carbocycles. The number of hydrogen-bond donors (Lipinski definition) is 1. The van der Waals surface area contributed by atoms with E-state index >= 15 is 0 Å². The third-order valence-corrected chi connectivity index (χ3v) is 24.5. The quantitative estimate of drug-likeness (QED) is 0.0479. The standard InChI is InChI=1S/C28H38N2O2.C17H22O2.C14H18O.C14H20O.C11H16N2O.C8H14O2.C6H12.ClH/c1-28(24-13-7-4-8-14-24,27(31)23-11-5-3-6-12-23)17-18-29-19-21-30(22-20-29)25-15-9-10-16-26(25)32-2;1-17(12-13-18,15-10-6-3-7-11-15)16(19)14-8-4-2-5-9-14;15-14(13-9-5-2-6-10-13)11-12-7-3-1-4-8-12;1-11(2)10-14(4,12(3)15)13-8-6-5-7-9-13;1-14-11-5-3-2-4-10(11)13-8-6-12-7-9-13;1-10-8(9)7-5-3-2-4-6-7;1-2-4-6-5-3-1;/h4,7-10,13-16,23H,3,5-6,11-12,17-22H2,1-2H3;3,6-7,10-11,13-14H,2,4-5,8-9,12H2,1H3;1,3-4,7-8,13H,2,5-6,9-11H2;5-9,11H,10H2,1-4H3;2-5,12H,6-9H2,1H3;7H,2-6H2,1H3;1-6H2;1H. The highest BCUT2D eigenvalue weighted by Gasteiger charge is 2.41. The minimum Gasteiger partial charge on any atom is -0.495 e. The SMILES string of the molecule is C1CCCCC1.CC(=O)C(C)(CC(C)C)c1ccccc1.CC(CC=O)(C(=O)C1CCCCC1)c1ccccc1.COC(=O)C1CCCCC1.COc1ccccc1N1CCN(CCC(C)(C(=O)C2CCCCC2)c2ccccc2)CC1.COc1ccccc1N1CCNCC1.Cl.O=C(Cc1ccccc1)C1CCCCC1. The summed E-state index contributed by atoms with van der Waals surface area (Å²) in [6.07, 6.45) is 35.7. The number of rotatable bonds is 23. The van der Waals surface area contributed by atoms with Gasteiger partial charge in [0, 0.05) is 83.0 Å². The number of nitrogens with zero attached hydrogens (tertiary/aromatic N) is 3. The first kappa shape index (κ1) is 93.4. The molecule has 5 saturated carbocycles. The maximum Gasteiger partial charge on any atom is 0.308 e. The van der Waals surface area contributed by atoms with Crippen molar-refractivity contribution in [3.8, 4) is 11.5 Å². The first-order chi connectivity index (χ1) is 53.9. The van der Waals surface area contributed by atoms with Crippen LogP contribution in [0.1, 0.15) is 250 Å². The van der Waals surface area contributed by atoms with E-state index in [1.165, 1.54) is 127 Å². The zero-order chi connectivity index (χ0) is 79.5. The molecule has 0 radical (unpaired) electrons. The normalized spacial score (nSPS) is 18.6. The van der Waals surface area contributed by atoms with Gasteiger partial charge in [-0.05, 0) is 151 Å². The Morgan fingerprint density at radius 1 is 0.438 bits per heavy atom. The highest BCUT2D eigenvalue weighted by molar-refractivity contribution is 5.94. The van der Waals surface area contributed by atoms with E-state index in [1.807, 2.05) is 135 Å². The van der Waals surface area contributed by atoms with Crippen LogP contribution in [-0.4, -0.2) is 121 Å². The summed E-state index contributed by atoms with van der Waals surface area (Å²) in [4.78, 5) is 79.7. The molecular formula is C98H141ClN4O9. The molecule has 0 amide bonds. The van der Waals surface area contributed by atoms with Gasteiger partial charge >= 0.3 is 5.97 Å². The number of anilines is 2. The Kier molecular flexibility index (Phi) is 42.9. The highest BCUT2D eigenvalue weighted by Crippen LogP contribution is 2.40. The number of para-hydroxylation sites is 4. The third kappa shape index (κ3) is 30.1. The molecule has 0 aromatic heterocycles. The van der Waals surface area contributed by atoms with Gasteiger partial charge in [0.05, 0.1) is 54.9 Å². The van der Waals surface area contributed by atoms with Crippen LogP contribution in [0.5, 0.6) is 11.5 Å². The Morgan fingerprint density at radius 2 is 0.786 bits per heavy atom. The average Bonchev–Trinajstić information content (AvgIpc) is 0.760. The number of carbonyl (C=O) groups is 6. The Balaban J connectivity index is 0.000000214. The van der Waals surface area contributed by atoms with Gasteiger partial charge in [0.25, 0.3) is 0 Å². The molecule has 2 heterocycles. The predicted octanol–water partition coefficient (Wildman–Crippen LogP) is 21.6. The lowest BCUT2D eigenvalue weighted by Gasteiger charge is -2.39. The number of ether oxygens (including phenoxy) is 3. The summed E-state index contributed by atoms with van der Waals surface area (Å²) in [5.41, 5.74) is 5.46. The van der Waals surface area contributed by atoms with Crippen LogP contribution in [0, 0.1) is 29.6 Å². The number of carbonyl (C=O) groups excluding carboxylic acids is 6. The minimum atomic E-state index is -0.648. The van der Waals surface area contributed by atoms with Crippen molar-refractivity contribution in [2.45, 2.75) is 250 Å². The van der Waals surface area contributed by atoms with Crippen molar-refractivity contribution in [1.82, 2.24) is 10.2 Å². The van der Waals surface area contributed by atoms with Crippen molar-refractivity contribution in [3.05, 3.63) is 192 Å². The van der Waals surface area contributed by atoms with Crippen LogP contribution in [-0.2, 0) is 56.2 Å². The molecule has 7 aliphatic rings. The summed E-state index contributed by atoms with van der Waals surface area (Å²) in [6.45, 7) is 21.4. The number of halogens is 1. The Labute approximate surface area is 682 Å². The Hall–Kier alpha value is -7.45. The van der Waals surface area contributed by atoms with Gasteiger partial charge in [-0.1, -0.05) is 275 Å². The van der Waals surface area contributed by atoms with Crippen LogP contribution in [0.25, 0.3) is 0 Å². The lowest BCUT2D eigenvalue weighted by Crippen LogP contribution is -2.48. The van der Waals surface area contributed by atoms with Gasteiger partial charge < -0.3 is 34.1 Å². The van der Waals surface area contributed by atoms with E-state index in [4.69, 9.17) is 9.47 Å². The number of esters is 1. The summed E-state index contributed by atoms with van der Waals surface area (Å²) in [7, 11) is 4.93. The van der Waals surface area contributed by atoms with Crippen LogP contribution in [0.2, 0.25) is 0 Å². The summed E-state index contributed by atoms with van der Waals surface area (Å²) in [5.74, 6) is 4.77. The number of ketones is 4. The number of benzene rings is 6. The first-order valence-corrected chi connectivity index (χ1v) is 42.9. The molecule has 2 saturated heterocycles. The van der Waals surface area contributed by atoms with Crippen LogP contribution in [0.15, 0.2) is 170 Å². The zero-order valence-electron chi connectivity index (χ0n) is 70.1. The average molecular weight is 1550 g/mol. The number of piperazine rings is 2. The van der Waals surface area contributed by atoms with Gasteiger partial charge in [-0.15, -0.1) is 12.4 Å². The minimum absolute atomic E-state index is 0. The van der Waals surface area contributed by atoms with Crippen LogP contribution >= 0.6 is 12.4 Å². The van der Waals surface area contributed by atoms with Crippen molar-refractivity contribution in [3.63, 3.8) is 0 Å². The van der Waals surface area contributed by atoms with Gasteiger partial charge in [0.1, 0.15) is 40.9 Å². The van der Waals surface area contributed by atoms with E-state index in [2.05, 4.69) is 94.1 Å². The maximum absolute atomic E-state index is 13.8. The molecule has 0 spiro atoms. The zero-order valence-corrected chi connectivity index (χ0v) is 70.9. The number of hydrogen-bond acceptors (Lipinski definition) is 13. The Bertz CT molecular complexity index is 3580. The molecule has 7 fully saturated rings. The topological polar surface area (TPSA) is 152 Å². The summed E-state index contributed by atoms with van der Waals surface area (Å²) in [6, 6.07) is 56.9. The molecule has 6 aromatic carbocycles. The molecular weight excluding hydrogens is 1410 g/mol. The van der Waals surface area contributed by atoms with Gasteiger partial charge in [-0.3, -0.25) is 28.9 Å². The molecule has 3 unspecified atom stereocenters. The van der Waals surface area contributed by atoms with E-state index in [0.717, 1.165) is 170 Å². The van der Waals surface area contributed by atoms with Crippen LogP contribution in [0.4, 0.5) is 11.4 Å². The monoisotopic (exact) mass is 1550 g/mol. The molecule has 3 atom stereocenters. The fraction of sp³-hybridized carbons (Fsp3) is 0.571. The van der Waals surface area contributed by atoms with Gasteiger partial charge in [0.15, 0.2) is 0 Å². The largest absolute Gasteiger partial charge is 0.495 e. The van der Waals surface area contributed by atoms with Gasteiger partial charge in [-0.2, -0.15) is 0 Å². The van der Waals surface area contributed by atoms with Crippen LogP contribution in [0.3, 0.4) is 0 Å². The summed E-state index contributed by atoms with van der Waals surface area (Å²) in [5, 5.41) is 3.34. The van der Waals surface area contributed by atoms with E-state index in [-0.39, 0.29) is 59.5 Å². The third-order valence-electron chi connectivity index (χ3n) is 24.5. The second kappa shape index (κ2) is 51.4. The lowest BCUT2D eigenvalue weighted by atomic mass is 9.69. The van der Waals surface area contributed by atoms with E-state index < -0.39 is 10.8 Å². The molecule has 2 aliphatic heterocycles. The first-order valence-electron chi connectivity index (χ1n) is 42.9.